The van der Waals surface area contributed by atoms with Crippen LogP contribution in [-0.4, -0.2) is 27.7 Å². The fraction of sp³-hybridized carbons (Fsp3) is 0.150. The van der Waals surface area contributed by atoms with Crippen LogP contribution in [0.2, 0.25) is 0 Å². The molecule has 0 aliphatic rings. The monoisotopic (exact) mass is 394 g/mol. The summed E-state index contributed by atoms with van der Waals surface area (Å²) < 4.78 is 6.20. The van der Waals surface area contributed by atoms with Crippen LogP contribution in [0.4, 0.5) is 11.4 Å². The van der Waals surface area contributed by atoms with E-state index in [4.69, 9.17) is 4.74 Å². The number of methoxy groups -OCH3 is 1. The van der Waals surface area contributed by atoms with Crippen LogP contribution in [0.15, 0.2) is 53.3 Å². The molecule has 1 heterocycles. The maximum absolute atomic E-state index is 12.9. The Hall–Kier alpha value is -4.01. The number of hydrogen-bond donors (Lipinski definition) is 1. The summed E-state index contributed by atoms with van der Waals surface area (Å²) in [5.74, 6) is -0.771. The van der Waals surface area contributed by atoms with Gasteiger partial charge in [0, 0.05) is 6.07 Å². The molecule has 0 aliphatic heterocycles. The van der Waals surface area contributed by atoms with Gasteiger partial charge in [0.1, 0.15) is 5.69 Å². The van der Waals surface area contributed by atoms with E-state index >= 15 is 0 Å². The zero-order chi connectivity index (χ0) is 21.1. The Morgan fingerprint density at radius 1 is 1.17 bits per heavy atom. The normalized spacial score (nSPS) is 10.4. The lowest BCUT2D eigenvalue weighted by atomic mass is 10.1. The Morgan fingerprint density at radius 3 is 2.48 bits per heavy atom. The number of aromatic nitrogens is 2. The molecule has 1 aromatic heterocycles. The van der Waals surface area contributed by atoms with Gasteiger partial charge in [0.2, 0.25) is 0 Å². The number of amides is 1. The van der Waals surface area contributed by atoms with Crippen molar-refractivity contribution >= 4 is 17.3 Å². The zero-order valence-corrected chi connectivity index (χ0v) is 16.0. The van der Waals surface area contributed by atoms with E-state index in [9.17, 15) is 19.7 Å². The molecule has 2 aromatic carbocycles. The molecule has 3 aromatic rings. The summed E-state index contributed by atoms with van der Waals surface area (Å²) >= 11 is 0. The molecule has 0 unspecified atom stereocenters. The molecule has 1 N–H and O–H groups in total. The molecule has 0 atom stereocenters. The summed E-state index contributed by atoms with van der Waals surface area (Å²) in [5, 5.41) is 18.0. The first kappa shape index (κ1) is 19.7. The van der Waals surface area contributed by atoms with Gasteiger partial charge in [0.15, 0.2) is 11.4 Å². The second-order valence-corrected chi connectivity index (χ2v) is 6.33. The molecule has 0 bridgehead atoms. The van der Waals surface area contributed by atoms with E-state index in [2.05, 4.69) is 10.4 Å². The number of carbonyl (C=O) groups is 1. The summed E-state index contributed by atoms with van der Waals surface area (Å²) in [6.45, 7) is 3.54. The summed E-state index contributed by atoms with van der Waals surface area (Å²) in [7, 11) is 1.31. The Bertz CT molecular complexity index is 1150. The van der Waals surface area contributed by atoms with Crippen LogP contribution in [0.5, 0.6) is 5.75 Å². The quantitative estimate of drug-likeness (QED) is 0.525. The largest absolute Gasteiger partial charge is 0.494 e. The van der Waals surface area contributed by atoms with Gasteiger partial charge in [-0.05, 0) is 31.5 Å². The summed E-state index contributed by atoms with van der Waals surface area (Å²) in [4.78, 5) is 36.0. The minimum Gasteiger partial charge on any atom is -0.494 e. The smallest absolute Gasteiger partial charge is 0.293 e. The first-order valence-corrected chi connectivity index (χ1v) is 8.62. The molecule has 29 heavy (non-hydrogen) atoms. The Balaban J connectivity index is 2.07. The standard InChI is InChI=1S/C20H18N4O5/c1-12-7-9-14(10-8-12)23-17(25)11-16(29-3)19(22-23)20(26)21-18-13(2)5-4-6-15(18)24(27)28/h4-11H,1-3H3,(H,21,26). The number of anilines is 1. The number of ether oxygens (including phenoxy) is 1. The number of benzene rings is 2. The minimum atomic E-state index is -0.736. The van der Waals surface area contributed by atoms with Gasteiger partial charge < -0.3 is 10.1 Å². The van der Waals surface area contributed by atoms with Crippen molar-refractivity contribution in [2.24, 2.45) is 0 Å². The lowest BCUT2D eigenvalue weighted by molar-refractivity contribution is -0.384. The fourth-order valence-electron chi connectivity index (χ4n) is 2.76. The van der Waals surface area contributed by atoms with E-state index < -0.39 is 16.4 Å². The molecule has 148 valence electrons. The van der Waals surface area contributed by atoms with E-state index in [1.807, 2.05) is 19.1 Å². The summed E-state index contributed by atoms with van der Waals surface area (Å²) in [6, 6.07) is 12.6. The molecular weight excluding hydrogens is 376 g/mol. The van der Waals surface area contributed by atoms with Gasteiger partial charge in [0.05, 0.1) is 23.8 Å². The molecule has 0 aliphatic carbocycles. The number of nitrogens with zero attached hydrogens (tertiary/aromatic N) is 3. The highest BCUT2D eigenvalue weighted by molar-refractivity contribution is 6.06. The maximum atomic E-state index is 12.9. The first-order chi connectivity index (χ1) is 13.8. The van der Waals surface area contributed by atoms with Crippen LogP contribution in [0.3, 0.4) is 0 Å². The van der Waals surface area contributed by atoms with E-state index in [-0.39, 0.29) is 22.8 Å². The van der Waals surface area contributed by atoms with Gasteiger partial charge in [-0.1, -0.05) is 29.8 Å². The molecular formula is C20H18N4O5. The first-order valence-electron chi connectivity index (χ1n) is 8.62. The van der Waals surface area contributed by atoms with Crippen LogP contribution >= 0.6 is 0 Å². The van der Waals surface area contributed by atoms with Gasteiger partial charge in [0.25, 0.3) is 17.2 Å². The van der Waals surface area contributed by atoms with Crippen molar-refractivity contribution in [1.82, 2.24) is 9.78 Å². The van der Waals surface area contributed by atoms with Crippen LogP contribution < -0.4 is 15.6 Å². The van der Waals surface area contributed by atoms with E-state index in [0.29, 0.717) is 11.3 Å². The van der Waals surface area contributed by atoms with Crippen LogP contribution in [0, 0.1) is 24.0 Å². The van der Waals surface area contributed by atoms with Gasteiger partial charge in [-0.15, -0.1) is 0 Å². The third-order valence-corrected chi connectivity index (χ3v) is 4.30. The van der Waals surface area contributed by atoms with E-state index in [1.165, 1.54) is 19.2 Å². The van der Waals surface area contributed by atoms with Crippen molar-refractivity contribution in [3.63, 3.8) is 0 Å². The van der Waals surface area contributed by atoms with Gasteiger partial charge in [-0.3, -0.25) is 19.7 Å². The summed E-state index contributed by atoms with van der Waals surface area (Å²) in [5.41, 5.74) is 1.13. The number of nitro groups is 1. The van der Waals surface area contributed by atoms with E-state index in [1.54, 1.807) is 25.1 Å². The predicted octanol–water partition coefficient (Wildman–Crippen LogP) is 3.02. The highest BCUT2D eigenvalue weighted by atomic mass is 16.6. The lowest BCUT2D eigenvalue weighted by Crippen LogP contribution is -2.26. The molecule has 0 saturated heterocycles. The van der Waals surface area contributed by atoms with Crippen molar-refractivity contribution in [2.75, 3.05) is 12.4 Å². The number of nitrogens with one attached hydrogen (secondary N) is 1. The molecule has 0 fully saturated rings. The Labute approximate surface area is 165 Å². The zero-order valence-electron chi connectivity index (χ0n) is 16.0. The van der Waals surface area contributed by atoms with Crippen LogP contribution in [0.25, 0.3) is 5.69 Å². The highest BCUT2D eigenvalue weighted by Gasteiger charge is 2.23. The average Bonchev–Trinajstić information content (AvgIpc) is 2.69. The van der Waals surface area contributed by atoms with Crippen molar-refractivity contribution in [1.29, 1.82) is 0 Å². The number of carbonyl (C=O) groups excluding carboxylic acids is 1. The van der Waals surface area contributed by atoms with Gasteiger partial charge in [-0.25, -0.2) is 0 Å². The molecule has 9 nitrogen and oxygen atoms in total. The minimum absolute atomic E-state index is 0.0351. The molecule has 3 rings (SSSR count). The number of rotatable bonds is 5. The number of nitro benzene ring substituents is 1. The number of para-hydroxylation sites is 1. The second-order valence-electron chi connectivity index (χ2n) is 6.33. The third kappa shape index (κ3) is 3.98. The molecule has 9 heteroatoms. The third-order valence-electron chi connectivity index (χ3n) is 4.30. The predicted molar refractivity (Wildman–Crippen MR) is 107 cm³/mol. The molecule has 0 spiro atoms. The molecule has 0 radical (unpaired) electrons. The molecule has 1 amide bonds. The Kier molecular flexibility index (Phi) is 5.40. The number of aryl methyl sites for hydroxylation is 2. The number of hydrogen-bond acceptors (Lipinski definition) is 6. The van der Waals surface area contributed by atoms with Crippen molar-refractivity contribution in [3.05, 3.63) is 85.8 Å². The molecule has 0 saturated carbocycles. The highest BCUT2D eigenvalue weighted by Crippen LogP contribution is 2.28. The van der Waals surface area contributed by atoms with Crippen molar-refractivity contribution in [2.45, 2.75) is 13.8 Å². The van der Waals surface area contributed by atoms with E-state index in [0.717, 1.165) is 16.3 Å². The van der Waals surface area contributed by atoms with Gasteiger partial charge in [-0.2, -0.15) is 9.78 Å². The lowest BCUT2D eigenvalue weighted by Gasteiger charge is -2.12. The fourth-order valence-corrected chi connectivity index (χ4v) is 2.76. The van der Waals surface area contributed by atoms with Crippen LogP contribution in [-0.2, 0) is 0 Å². The topological polar surface area (TPSA) is 116 Å². The Morgan fingerprint density at radius 2 is 1.86 bits per heavy atom. The average molecular weight is 394 g/mol. The maximum Gasteiger partial charge on any atom is 0.293 e. The SMILES string of the molecule is COc1cc(=O)n(-c2ccc(C)cc2)nc1C(=O)Nc1c(C)cccc1[N+](=O)[O-]. The van der Waals surface area contributed by atoms with Gasteiger partial charge >= 0.3 is 0 Å². The summed E-state index contributed by atoms with van der Waals surface area (Å²) in [6.07, 6.45) is 0. The second kappa shape index (κ2) is 7.93. The van der Waals surface area contributed by atoms with Crippen molar-refractivity contribution < 1.29 is 14.5 Å². The van der Waals surface area contributed by atoms with Crippen LogP contribution in [0.1, 0.15) is 21.6 Å². The van der Waals surface area contributed by atoms with Crippen molar-refractivity contribution in [3.8, 4) is 11.4 Å².